The average molecular weight is 1220 g/mol. The van der Waals surface area contributed by atoms with Crippen LogP contribution in [-0.2, 0) is 48.0 Å². The Morgan fingerprint density at radius 1 is 0.545 bits per heavy atom. The molecule has 6 unspecified atom stereocenters. The molecule has 0 spiro atoms. The van der Waals surface area contributed by atoms with Gasteiger partial charge in [0.15, 0.2) is 0 Å². The lowest BCUT2D eigenvalue weighted by Crippen LogP contribution is -2.54. The van der Waals surface area contributed by atoms with Gasteiger partial charge >= 0.3 is 0 Å². The van der Waals surface area contributed by atoms with Gasteiger partial charge in [0.2, 0.25) is 11.8 Å². The first-order chi connectivity index (χ1) is 40.9. The SMILES string of the molecule is C.C.CC(C)(C)[C@H](C1CC(c2cc(F)ccc2F)CC1Cc1cccc(CCCN2C(=O)C=CC2=O)c1)N(CCCN)C(=O)CO.CC(C)(C)[C@H](C1CC(c2cc(F)ccc2F)CC1Cc1ccccc1)N(CCCN)C(=O)CCCN1C(=O)C=CC1=O. The first-order valence-corrected chi connectivity index (χ1v) is 30.6. The molecular formula is C71H96F4N6O7. The quantitative estimate of drug-likeness (QED) is 0.0429. The first kappa shape index (κ1) is 71.9. The Balaban J connectivity index is 0.000000314. The fourth-order valence-electron chi connectivity index (χ4n) is 14.3. The smallest absolute Gasteiger partial charge is 0.253 e. The minimum atomic E-state index is -0.608. The van der Waals surface area contributed by atoms with Gasteiger partial charge in [-0.25, -0.2) is 17.6 Å². The second kappa shape index (κ2) is 32.6. The molecule has 0 bridgehead atoms. The van der Waals surface area contributed by atoms with Crippen LogP contribution in [0.5, 0.6) is 0 Å². The van der Waals surface area contributed by atoms with E-state index in [-0.39, 0.29) is 122 Å². The van der Waals surface area contributed by atoms with Gasteiger partial charge in [-0.2, -0.15) is 0 Å². The Labute approximate surface area is 520 Å². The van der Waals surface area contributed by atoms with E-state index in [0.717, 1.165) is 34.6 Å². The van der Waals surface area contributed by atoms with Crippen molar-refractivity contribution in [2.24, 2.45) is 46.0 Å². The number of carbonyl (C=O) groups excluding carboxylic acids is 6. The van der Waals surface area contributed by atoms with Gasteiger partial charge < -0.3 is 26.4 Å². The second-order valence-electron chi connectivity index (χ2n) is 26.0. The fraction of sp³-hybridized carbons (Fsp3) is 0.521. The van der Waals surface area contributed by atoms with Crippen molar-refractivity contribution in [3.8, 4) is 0 Å². The molecule has 8 rings (SSSR count). The van der Waals surface area contributed by atoms with Crippen molar-refractivity contribution in [1.29, 1.82) is 0 Å². The molecule has 2 fully saturated rings. The molecule has 0 aromatic heterocycles. The summed E-state index contributed by atoms with van der Waals surface area (Å²) in [5.74, 6) is -3.65. The molecule has 0 saturated heterocycles. The molecule has 17 heteroatoms. The van der Waals surface area contributed by atoms with Crippen molar-refractivity contribution in [2.75, 3.05) is 45.9 Å². The number of hydrogen-bond acceptors (Lipinski definition) is 9. The second-order valence-corrected chi connectivity index (χ2v) is 26.0. The summed E-state index contributed by atoms with van der Waals surface area (Å²) in [7, 11) is 0. The summed E-state index contributed by atoms with van der Waals surface area (Å²) in [6, 6.07) is 25.2. The van der Waals surface area contributed by atoms with Gasteiger partial charge in [-0.05, 0) is 194 Å². The predicted molar refractivity (Wildman–Crippen MR) is 338 cm³/mol. The van der Waals surface area contributed by atoms with E-state index in [4.69, 9.17) is 11.5 Å². The van der Waals surface area contributed by atoms with Crippen LogP contribution in [0.1, 0.15) is 154 Å². The maximum absolute atomic E-state index is 15.0. The summed E-state index contributed by atoms with van der Waals surface area (Å²) in [5, 5.41) is 9.90. The molecule has 2 aliphatic carbocycles. The Morgan fingerprint density at radius 3 is 1.41 bits per heavy atom. The summed E-state index contributed by atoms with van der Waals surface area (Å²) in [4.78, 5) is 80.9. The van der Waals surface area contributed by atoms with Crippen LogP contribution in [0.25, 0.3) is 0 Å². The number of nitrogens with two attached hydrogens (primary N) is 2. The zero-order valence-corrected chi connectivity index (χ0v) is 50.9. The molecule has 88 heavy (non-hydrogen) atoms. The van der Waals surface area contributed by atoms with Gasteiger partial charge in [0, 0.05) is 69.0 Å². The number of rotatable bonds is 25. The molecule has 4 aromatic rings. The van der Waals surface area contributed by atoms with Gasteiger partial charge in [-0.1, -0.05) is 111 Å². The van der Waals surface area contributed by atoms with E-state index in [1.54, 1.807) is 4.90 Å². The number of aryl methyl sites for hydroxylation is 1. The molecule has 4 aliphatic rings. The Morgan fingerprint density at radius 2 is 0.966 bits per heavy atom. The molecule has 2 aliphatic heterocycles. The molecule has 2 saturated carbocycles. The van der Waals surface area contributed by atoms with Crippen molar-refractivity contribution < 1.29 is 51.4 Å². The number of benzene rings is 4. The average Bonchev–Trinajstić information content (AvgIpc) is 3.19. The van der Waals surface area contributed by atoms with Crippen molar-refractivity contribution in [3.05, 3.63) is 166 Å². The van der Waals surface area contributed by atoms with Gasteiger partial charge in [-0.15, -0.1) is 0 Å². The van der Waals surface area contributed by atoms with Crippen LogP contribution in [0, 0.1) is 57.8 Å². The molecule has 5 N–H and O–H groups in total. The van der Waals surface area contributed by atoms with Crippen LogP contribution in [0.4, 0.5) is 17.6 Å². The zero-order valence-electron chi connectivity index (χ0n) is 50.9. The van der Waals surface area contributed by atoms with Gasteiger partial charge in [0.1, 0.15) is 29.9 Å². The predicted octanol–water partition coefficient (Wildman–Crippen LogP) is 11.6. The number of carbonyl (C=O) groups is 6. The van der Waals surface area contributed by atoms with Crippen molar-refractivity contribution in [3.63, 3.8) is 0 Å². The highest BCUT2D eigenvalue weighted by molar-refractivity contribution is 6.13. The van der Waals surface area contributed by atoms with Crippen LogP contribution in [-0.4, -0.2) is 118 Å². The number of hydrogen-bond donors (Lipinski definition) is 3. The van der Waals surface area contributed by atoms with E-state index < -0.39 is 29.9 Å². The minimum Gasteiger partial charge on any atom is -0.387 e. The summed E-state index contributed by atoms with van der Waals surface area (Å²) < 4.78 is 58.6. The Bertz CT molecular complexity index is 3030. The maximum atomic E-state index is 15.0. The normalized spacial score (nSPS) is 20.6. The lowest BCUT2D eigenvalue weighted by Gasteiger charge is -2.46. The lowest BCUT2D eigenvalue weighted by atomic mass is 9.72. The highest BCUT2D eigenvalue weighted by atomic mass is 19.1. The molecule has 13 nitrogen and oxygen atoms in total. The van der Waals surface area contributed by atoms with E-state index in [1.165, 1.54) is 59.0 Å². The van der Waals surface area contributed by atoms with Crippen LogP contribution in [0.3, 0.4) is 0 Å². The highest BCUT2D eigenvalue weighted by Gasteiger charge is 2.49. The van der Waals surface area contributed by atoms with E-state index in [1.807, 2.05) is 35.2 Å². The van der Waals surface area contributed by atoms with Gasteiger partial charge in [-0.3, -0.25) is 38.6 Å². The first-order valence-electron chi connectivity index (χ1n) is 30.6. The van der Waals surface area contributed by atoms with E-state index in [2.05, 4.69) is 65.8 Å². The summed E-state index contributed by atoms with van der Waals surface area (Å²) in [6.07, 6.45) is 12.2. The zero-order chi connectivity index (χ0) is 62.5. The third-order valence-electron chi connectivity index (χ3n) is 17.8. The minimum absolute atomic E-state index is 0. The highest BCUT2D eigenvalue weighted by Crippen LogP contribution is 2.52. The number of imide groups is 2. The topological polar surface area (TPSA) is 188 Å². The molecule has 480 valence electrons. The van der Waals surface area contributed by atoms with Gasteiger partial charge in [0.25, 0.3) is 23.6 Å². The standard InChI is InChI=1S/C35H45F2N3O4.C34H43F2N3O3.2CH4/c1-35(2,3)34(40(16-6-14-38)33(44)22-41)29-20-26(28-21-27(36)10-11-30(28)37)19-25(29)18-24-8-4-7-23(17-24)9-5-15-39-31(42)12-13-32(39)43;1-34(2,3)33(39(18-8-16-37)30(40)11-7-17-38-31(41)14-15-32(38)42)28-21-25(27-22-26(35)12-13-29(27)36)20-24(28)19-23-9-5-4-6-10-23;;/h4,7-8,10-13,17,21,25-26,29,34,41H,5-6,9,14-16,18-20,22,38H2,1-3H3;4-6,9-10,12-15,22,24-25,28,33H,7-8,11,16-21,37H2,1-3H3;2*1H4/t25?,26?,29?,34-;24?,25?,28?,33-;;/m00../s1. The number of halogens is 4. The van der Waals surface area contributed by atoms with Gasteiger partial charge in [0.05, 0.1) is 0 Å². The number of amides is 6. The van der Waals surface area contributed by atoms with Crippen LogP contribution >= 0.6 is 0 Å². The number of nitrogens with zero attached hydrogens (tertiary/aromatic N) is 4. The van der Waals surface area contributed by atoms with Crippen LogP contribution in [0.15, 0.2) is 115 Å². The molecule has 0 radical (unpaired) electrons. The summed E-state index contributed by atoms with van der Waals surface area (Å²) in [6.45, 7) is 14.3. The van der Waals surface area contributed by atoms with Crippen LogP contribution in [0.2, 0.25) is 0 Å². The maximum Gasteiger partial charge on any atom is 0.253 e. The number of aliphatic hydroxyl groups excluding tert-OH is 1. The van der Waals surface area contributed by atoms with Crippen molar-refractivity contribution in [2.45, 2.75) is 157 Å². The molecule has 8 atom stereocenters. The fourth-order valence-corrected chi connectivity index (χ4v) is 14.3. The molecule has 2 heterocycles. The van der Waals surface area contributed by atoms with Crippen molar-refractivity contribution >= 4 is 35.4 Å². The Kier molecular flexibility index (Phi) is 26.6. The van der Waals surface area contributed by atoms with E-state index >= 15 is 8.78 Å². The largest absolute Gasteiger partial charge is 0.387 e. The van der Waals surface area contributed by atoms with Crippen LogP contribution < -0.4 is 11.5 Å². The van der Waals surface area contributed by atoms with E-state index in [9.17, 15) is 42.7 Å². The lowest BCUT2D eigenvalue weighted by molar-refractivity contribution is -0.141. The number of aliphatic hydroxyl groups is 1. The molecule has 6 amide bonds. The summed E-state index contributed by atoms with van der Waals surface area (Å²) >= 11 is 0. The molecular weight excluding hydrogens is 1120 g/mol. The third kappa shape index (κ3) is 18.6. The third-order valence-corrected chi connectivity index (χ3v) is 17.8. The monoisotopic (exact) mass is 1220 g/mol. The summed E-state index contributed by atoms with van der Waals surface area (Å²) in [5.41, 5.74) is 15.2. The Hall–Kier alpha value is -6.82. The van der Waals surface area contributed by atoms with Crippen molar-refractivity contribution in [1.82, 2.24) is 19.6 Å². The molecule has 4 aromatic carbocycles. The van der Waals surface area contributed by atoms with E-state index in [0.29, 0.717) is 108 Å².